The van der Waals surface area contributed by atoms with Crippen molar-refractivity contribution in [1.82, 2.24) is 4.98 Å². The molecular weight excluding hydrogens is 368 g/mol. The second-order valence-electron chi connectivity index (χ2n) is 6.37. The lowest BCUT2D eigenvalue weighted by molar-refractivity contribution is -0.114. The van der Waals surface area contributed by atoms with Gasteiger partial charge >= 0.3 is 0 Å². The van der Waals surface area contributed by atoms with E-state index >= 15 is 0 Å². The molecule has 7 nitrogen and oxygen atoms in total. The van der Waals surface area contributed by atoms with E-state index in [0.717, 1.165) is 5.69 Å². The molecule has 0 unspecified atom stereocenters. The zero-order chi connectivity index (χ0) is 20.8. The summed E-state index contributed by atoms with van der Waals surface area (Å²) >= 11 is 0. The number of pyridine rings is 1. The van der Waals surface area contributed by atoms with Crippen LogP contribution in [0.1, 0.15) is 27.6 Å². The zero-order valence-electron chi connectivity index (χ0n) is 16.0. The van der Waals surface area contributed by atoms with Crippen molar-refractivity contribution in [2.45, 2.75) is 6.92 Å². The molecule has 0 aliphatic carbocycles. The van der Waals surface area contributed by atoms with Crippen LogP contribution < -0.4 is 15.5 Å². The molecule has 3 amide bonds. The molecule has 2 N–H and O–H groups in total. The number of aromatic nitrogens is 1. The summed E-state index contributed by atoms with van der Waals surface area (Å²) in [7, 11) is 1.67. The quantitative estimate of drug-likeness (QED) is 0.699. The minimum Gasteiger partial charge on any atom is -0.326 e. The summed E-state index contributed by atoms with van der Waals surface area (Å²) in [4.78, 5) is 41.9. The molecule has 0 atom stereocenters. The number of hydrogen-bond donors (Lipinski definition) is 2. The molecule has 0 saturated carbocycles. The molecule has 0 bridgehead atoms. The third-order valence-electron chi connectivity index (χ3n) is 4.16. The number of amides is 3. The van der Waals surface area contributed by atoms with E-state index in [-0.39, 0.29) is 23.3 Å². The van der Waals surface area contributed by atoms with Crippen molar-refractivity contribution < 1.29 is 14.4 Å². The zero-order valence-corrected chi connectivity index (χ0v) is 16.0. The maximum Gasteiger partial charge on any atom is 0.259 e. The first-order chi connectivity index (χ1) is 13.9. The van der Waals surface area contributed by atoms with Crippen molar-refractivity contribution in [3.05, 3.63) is 84.2 Å². The summed E-state index contributed by atoms with van der Waals surface area (Å²) < 4.78 is 0. The monoisotopic (exact) mass is 388 g/mol. The van der Waals surface area contributed by atoms with Gasteiger partial charge in [0.2, 0.25) is 5.91 Å². The Bertz CT molecular complexity index is 1030. The third-order valence-corrected chi connectivity index (χ3v) is 4.16. The Hall–Kier alpha value is -4.00. The van der Waals surface area contributed by atoms with Crippen LogP contribution in [0.4, 0.5) is 17.1 Å². The highest BCUT2D eigenvalue weighted by atomic mass is 16.2. The Morgan fingerprint density at radius 2 is 1.41 bits per heavy atom. The van der Waals surface area contributed by atoms with E-state index in [1.165, 1.54) is 30.3 Å². The van der Waals surface area contributed by atoms with E-state index in [9.17, 15) is 14.4 Å². The van der Waals surface area contributed by atoms with Gasteiger partial charge in [-0.2, -0.15) is 0 Å². The van der Waals surface area contributed by atoms with Gasteiger partial charge in [-0.15, -0.1) is 0 Å². The molecule has 0 radical (unpaired) electrons. The molecule has 0 aliphatic heterocycles. The van der Waals surface area contributed by atoms with Gasteiger partial charge in [0.05, 0.1) is 11.1 Å². The normalized spacial score (nSPS) is 10.1. The standard InChI is InChI=1S/C22H20N4O3/c1-15(27)24-18-8-10-19(11-9-18)25-21(28)16-12-17(14-23-13-16)22(29)26(2)20-6-4-3-5-7-20/h3-14H,1-2H3,(H,24,27)(H,25,28). The summed E-state index contributed by atoms with van der Waals surface area (Å²) in [5.41, 5.74) is 2.51. The van der Waals surface area contributed by atoms with Crippen molar-refractivity contribution in [2.75, 3.05) is 22.6 Å². The van der Waals surface area contributed by atoms with Gasteiger partial charge in [-0.1, -0.05) is 18.2 Å². The van der Waals surface area contributed by atoms with Crippen LogP contribution in [-0.2, 0) is 4.79 Å². The molecule has 0 aliphatic rings. The largest absolute Gasteiger partial charge is 0.326 e. The Kier molecular flexibility index (Phi) is 5.99. The molecule has 0 spiro atoms. The molecule has 1 heterocycles. The Morgan fingerprint density at radius 3 is 2.03 bits per heavy atom. The van der Waals surface area contributed by atoms with Gasteiger partial charge in [-0.25, -0.2) is 0 Å². The molecule has 2 aromatic carbocycles. The van der Waals surface area contributed by atoms with Crippen LogP contribution in [0.15, 0.2) is 73.1 Å². The van der Waals surface area contributed by atoms with E-state index in [2.05, 4.69) is 15.6 Å². The number of benzene rings is 2. The van der Waals surface area contributed by atoms with E-state index < -0.39 is 0 Å². The van der Waals surface area contributed by atoms with E-state index in [4.69, 9.17) is 0 Å². The van der Waals surface area contributed by atoms with Gasteiger partial charge < -0.3 is 15.5 Å². The molecule has 0 saturated heterocycles. The van der Waals surface area contributed by atoms with E-state index in [1.807, 2.05) is 30.3 Å². The number of nitrogens with zero attached hydrogens (tertiary/aromatic N) is 2. The fourth-order valence-electron chi connectivity index (χ4n) is 2.69. The van der Waals surface area contributed by atoms with E-state index in [0.29, 0.717) is 16.9 Å². The van der Waals surface area contributed by atoms with Crippen LogP contribution in [0.5, 0.6) is 0 Å². The van der Waals surface area contributed by atoms with E-state index in [1.54, 1.807) is 31.3 Å². The third kappa shape index (κ3) is 5.04. The first kappa shape index (κ1) is 19.8. The molecule has 0 fully saturated rings. The number of hydrogen-bond acceptors (Lipinski definition) is 4. The first-order valence-corrected chi connectivity index (χ1v) is 8.91. The van der Waals surface area contributed by atoms with Gasteiger partial charge in [0.25, 0.3) is 11.8 Å². The molecule has 3 rings (SSSR count). The van der Waals surface area contributed by atoms with Crippen molar-refractivity contribution in [1.29, 1.82) is 0 Å². The average molecular weight is 388 g/mol. The second kappa shape index (κ2) is 8.79. The topological polar surface area (TPSA) is 91.4 Å². The SMILES string of the molecule is CC(=O)Nc1ccc(NC(=O)c2cncc(C(=O)N(C)c3ccccc3)c2)cc1. The van der Waals surface area contributed by atoms with Gasteiger partial charge in [-0.05, 0) is 42.5 Å². The van der Waals surface area contributed by atoms with Crippen LogP contribution in [-0.4, -0.2) is 29.8 Å². The molecule has 7 heteroatoms. The summed E-state index contributed by atoms with van der Waals surface area (Å²) in [6.45, 7) is 1.42. The maximum atomic E-state index is 12.7. The molecule has 29 heavy (non-hydrogen) atoms. The fraction of sp³-hybridized carbons (Fsp3) is 0.0909. The van der Waals surface area contributed by atoms with Crippen LogP contribution in [0.3, 0.4) is 0 Å². The lowest BCUT2D eigenvalue weighted by Gasteiger charge is -2.17. The minimum absolute atomic E-state index is 0.171. The number of carbonyl (C=O) groups excluding carboxylic acids is 3. The highest BCUT2D eigenvalue weighted by Gasteiger charge is 2.16. The maximum absolute atomic E-state index is 12.7. The first-order valence-electron chi connectivity index (χ1n) is 8.91. The van der Waals surface area contributed by atoms with Gasteiger partial charge in [0.15, 0.2) is 0 Å². The molecule has 1 aromatic heterocycles. The smallest absolute Gasteiger partial charge is 0.259 e. The Labute approximate surface area is 168 Å². The van der Waals surface area contributed by atoms with Crippen LogP contribution in [0.2, 0.25) is 0 Å². The average Bonchev–Trinajstić information content (AvgIpc) is 2.74. The molecule has 3 aromatic rings. The van der Waals surface area contributed by atoms with Gasteiger partial charge in [0.1, 0.15) is 0 Å². The summed E-state index contributed by atoms with van der Waals surface area (Å²) in [6.07, 6.45) is 2.83. The van der Waals surface area contributed by atoms with Crippen LogP contribution >= 0.6 is 0 Å². The number of anilines is 3. The number of rotatable bonds is 5. The lowest BCUT2D eigenvalue weighted by Crippen LogP contribution is -2.26. The van der Waals surface area contributed by atoms with Crippen LogP contribution in [0, 0.1) is 0 Å². The van der Waals surface area contributed by atoms with Gasteiger partial charge in [0, 0.05) is 43.4 Å². The van der Waals surface area contributed by atoms with Crippen molar-refractivity contribution >= 4 is 34.8 Å². The summed E-state index contributed by atoms with van der Waals surface area (Å²) in [5, 5.41) is 5.41. The highest BCUT2D eigenvalue weighted by molar-refractivity contribution is 6.09. The lowest BCUT2D eigenvalue weighted by atomic mass is 10.1. The summed E-state index contributed by atoms with van der Waals surface area (Å²) in [5.74, 6) is -0.824. The number of nitrogens with one attached hydrogen (secondary N) is 2. The van der Waals surface area contributed by atoms with Crippen molar-refractivity contribution in [3.8, 4) is 0 Å². The van der Waals surface area contributed by atoms with Gasteiger partial charge in [-0.3, -0.25) is 19.4 Å². The Balaban J connectivity index is 1.72. The number of carbonyl (C=O) groups is 3. The number of para-hydroxylation sites is 1. The highest BCUT2D eigenvalue weighted by Crippen LogP contribution is 2.17. The predicted octanol–water partition coefficient (Wildman–Crippen LogP) is 3.57. The summed E-state index contributed by atoms with van der Waals surface area (Å²) in [6, 6.07) is 17.4. The molecular formula is C22H20N4O3. The predicted molar refractivity (Wildman–Crippen MR) is 112 cm³/mol. The van der Waals surface area contributed by atoms with Crippen LogP contribution in [0.25, 0.3) is 0 Å². The molecule has 146 valence electrons. The van der Waals surface area contributed by atoms with Crippen molar-refractivity contribution in [3.63, 3.8) is 0 Å². The Morgan fingerprint density at radius 1 is 0.828 bits per heavy atom. The van der Waals surface area contributed by atoms with Crippen molar-refractivity contribution in [2.24, 2.45) is 0 Å². The minimum atomic E-state index is -0.387. The second-order valence-corrected chi connectivity index (χ2v) is 6.37. The fourth-order valence-corrected chi connectivity index (χ4v) is 2.69.